The van der Waals surface area contributed by atoms with E-state index in [1.165, 1.54) is 21.1 Å². The highest BCUT2D eigenvalue weighted by Crippen LogP contribution is 2.19. The molecule has 0 bridgehead atoms. The zero-order valence-electron chi connectivity index (χ0n) is 7.96. The molecule has 4 nitrogen and oxygen atoms in total. The van der Waals surface area contributed by atoms with Crippen LogP contribution in [0.1, 0.15) is 20.3 Å². The lowest BCUT2D eigenvalue weighted by Gasteiger charge is -2.30. The van der Waals surface area contributed by atoms with Crippen LogP contribution in [0, 0.1) is 0 Å². The van der Waals surface area contributed by atoms with E-state index in [0.717, 1.165) is 0 Å². The zero-order valence-corrected chi connectivity index (χ0v) is 7.96. The van der Waals surface area contributed by atoms with Crippen LogP contribution in [-0.4, -0.2) is 37.0 Å². The molecule has 0 aromatic carbocycles. The van der Waals surface area contributed by atoms with E-state index >= 15 is 0 Å². The number of carbonyl (C=O) groups is 1. The third-order valence-corrected chi connectivity index (χ3v) is 1.87. The first kappa shape index (κ1) is 11.6. The van der Waals surface area contributed by atoms with E-state index in [9.17, 15) is 9.90 Å². The van der Waals surface area contributed by atoms with Crippen LogP contribution < -0.4 is 0 Å². The number of carbonyl (C=O) groups excluding carboxylic acids is 1. The Balaban J connectivity index is 4.54. The highest BCUT2D eigenvalue weighted by molar-refractivity contribution is 5.81. The van der Waals surface area contributed by atoms with Crippen molar-refractivity contribution in [1.29, 1.82) is 0 Å². The van der Waals surface area contributed by atoms with Gasteiger partial charge in [-0.3, -0.25) is 4.79 Å². The number of ketones is 1. The van der Waals surface area contributed by atoms with Crippen LogP contribution in [0.3, 0.4) is 0 Å². The summed E-state index contributed by atoms with van der Waals surface area (Å²) in [6.45, 7) is 3.08. The third-order valence-electron chi connectivity index (χ3n) is 1.87. The van der Waals surface area contributed by atoms with Crippen molar-refractivity contribution < 1.29 is 19.4 Å². The first-order valence-corrected chi connectivity index (χ1v) is 3.82. The van der Waals surface area contributed by atoms with Crippen LogP contribution in [0.5, 0.6) is 0 Å². The van der Waals surface area contributed by atoms with Gasteiger partial charge >= 0.3 is 0 Å². The molecule has 0 aliphatic rings. The van der Waals surface area contributed by atoms with Gasteiger partial charge in [-0.15, -0.1) is 0 Å². The molecule has 0 saturated heterocycles. The van der Waals surface area contributed by atoms with Crippen LogP contribution in [0.15, 0.2) is 0 Å². The van der Waals surface area contributed by atoms with E-state index in [0.29, 0.717) is 6.42 Å². The Kier molecular flexibility index (Phi) is 4.37. The van der Waals surface area contributed by atoms with E-state index in [1.54, 1.807) is 6.92 Å². The molecular weight excluding hydrogens is 160 g/mol. The Morgan fingerprint density at radius 2 is 2.08 bits per heavy atom. The van der Waals surface area contributed by atoms with Crippen molar-refractivity contribution in [3.8, 4) is 0 Å². The summed E-state index contributed by atoms with van der Waals surface area (Å²) in [6, 6.07) is 0. The molecule has 0 aliphatic carbocycles. The van der Waals surface area contributed by atoms with Crippen molar-refractivity contribution in [2.75, 3.05) is 14.2 Å². The van der Waals surface area contributed by atoms with E-state index in [4.69, 9.17) is 9.47 Å². The molecule has 0 aromatic rings. The minimum absolute atomic E-state index is 0.247. The molecule has 0 fully saturated rings. The predicted octanol–water partition coefficient (Wildman–Crippen LogP) is 0.335. The minimum atomic E-state index is -1.50. The number of hydrogen-bond acceptors (Lipinski definition) is 4. The highest BCUT2D eigenvalue weighted by Gasteiger charge is 2.38. The van der Waals surface area contributed by atoms with E-state index in [2.05, 4.69) is 0 Å². The summed E-state index contributed by atoms with van der Waals surface area (Å²) in [5.41, 5.74) is 0. The van der Waals surface area contributed by atoms with Crippen LogP contribution in [0.25, 0.3) is 0 Å². The van der Waals surface area contributed by atoms with E-state index < -0.39 is 11.9 Å². The number of Topliss-reactive ketones (excluding diaryl/α,β-unsaturated/α-hetero) is 1. The van der Waals surface area contributed by atoms with Crippen molar-refractivity contribution >= 4 is 5.78 Å². The van der Waals surface area contributed by atoms with Gasteiger partial charge in [-0.25, -0.2) is 0 Å². The summed E-state index contributed by atoms with van der Waals surface area (Å²) in [7, 11) is 2.71. The molecule has 0 aliphatic heterocycles. The van der Waals surface area contributed by atoms with Gasteiger partial charge < -0.3 is 14.6 Å². The number of aliphatic hydroxyl groups is 1. The Bertz CT molecular complexity index is 151. The SMILES string of the molecule is CCC(O)(OC)C(OC)C(C)=O. The van der Waals surface area contributed by atoms with Crippen molar-refractivity contribution in [2.45, 2.75) is 32.2 Å². The van der Waals surface area contributed by atoms with Crippen LogP contribution in [0.2, 0.25) is 0 Å². The molecule has 0 radical (unpaired) electrons. The molecule has 0 aromatic heterocycles. The first-order valence-electron chi connectivity index (χ1n) is 3.82. The molecule has 0 amide bonds. The highest BCUT2D eigenvalue weighted by atomic mass is 16.6. The average molecular weight is 176 g/mol. The lowest BCUT2D eigenvalue weighted by Crippen LogP contribution is -2.48. The smallest absolute Gasteiger partial charge is 0.198 e. The van der Waals surface area contributed by atoms with Gasteiger partial charge in [-0.2, -0.15) is 0 Å². The van der Waals surface area contributed by atoms with Crippen molar-refractivity contribution in [1.82, 2.24) is 0 Å². The Hall–Kier alpha value is -0.450. The van der Waals surface area contributed by atoms with Crippen LogP contribution >= 0.6 is 0 Å². The molecule has 1 N–H and O–H groups in total. The second-order valence-electron chi connectivity index (χ2n) is 2.63. The van der Waals surface area contributed by atoms with Crippen LogP contribution in [0.4, 0.5) is 0 Å². The van der Waals surface area contributed by atoms with Crippen molar-refractivity contribution in [3.63, 3.8) is 0 Å². The monoisotopic (exact) mass is 176 g/mol. The molecular formula is C8H16O4. The van der Waals surface area contributed by atoms with Gasteiger partial charge in [0.2, 0.25) is 0 Å². The summed E-state index contributed by atoms with van der Waals surface area (Å²) in [5, 5.41) is 9.69. The predicted molar refractivity (Wildman–Crippen MR) is 43.7 cm³/mol. The van der Waals surface area contributed by atoms with Gasteiger partial charge in [0.15, 0.2) is 17.7 Å². The lowest BCUT2D eigenvalue weighted by atomic mass is 10.0. The number of methoxy groups -OCH3 is 2. The maximum absolute atomic E-state index is 11.0. The summed E-state index contributed by atoms with van der Waals surface area (Å²) < 4.78 is 9.65. The molecule has 72 valence electrons. The Morgan fingerprint density at radius 1 is 1.58 bits per heavy atom. The fraction of sp³-hybridized carbons (Fsp3) is 0.875. The van der Waals surface area contributed by atoms with Crippen LogP contribution in [-0.2, 0) is 14.3 Å². The van der Waals surface area contributed by atoms with Gasteiger partial charge in [0, 0.05) is 20.6 Å². The van der Waals surface area contributed by atoms with Gasteiger partial charge in [0.1, 0.15) is 0 Å². The largest absolute Gasteiger partial charge is 0.368 e. The lowest BCUT2D eigenvalue weighted by molar-refractivity contribution is -0.243. The Labute approximate surface area is 72.5 Å². The summed E-state index contributed by atoms with van der Waals surface area (Å²) in [5.74, 6) is -1.75. The third kappa shape index (κ3) is 2.27. The van der Waals surface area contributed by atoms with Gasteiger partial charge in [0.05, 0.1) is 0 Å². The number of hydrogen-bond donors (Lipinski definition) is 1. The first-order chi connectivity index (χ1) is 5.51. The molecule has 12 heavy (non-hydrogen) atoms. The number of rotatable bonds is 5. The van der Waals surface area contributed by atoms with E-state index in [-0.39, 0.29) is 5.78 Å². The van der Waals surface area contributed by atoms with Gasteiger partial charge in [-0.05, 0) is 6.92 Å². The summed E-state index contributed by atoms with van der Waals surface area (Å²) in [6.07, 6.45) is -0.603. The maximum atomic E-state index is 11.0. The molecule has 0 rings (SSSR count). The average Bonchev–Trinajstić information content (AvgIpc) is 2.04. The van der Waals surface area contributed by atoms with E-state index in [1.807, 2.05) is 0 Å². The summed E-state index contributed by atoms with van der Waals surface area (Å²) in [4.78, 5) is 11.0. The summed E-state index contributed by atoms with van der Waals surface area (Å²) >= 11 is 0. The molecule has 0 heterocycles. The van der Waals surface area contributed by atoms with Gasteiger partial charge in [0.25, 0.3) is 0 Å². The molecule has 2 unspecified atom stereocenters. The second kappa shape index (κ2) is 4.54. The minimum Gasteiger partial charge on any atom is -0.368 e. The molecule has 0 spiro atoms. The maximum Gasteiger partial charge on any atom is 0.198 e. The Morgan fingerprint density at radius 3 is 2.17 bits per heavy atom. The number of ether oxygens (including phenoxy) is 2. The molecule has 4 heteroatoms. The normalized spacial score (nSPS) is 18.4. The van der Waals surface area contributed by atoms with Gasteiger partial charge in [-0.1, -0.05) is 6.92 Å². The molecule has 2 atom stereocenters. The van der Waals surface area contributed by atoms with Crippen molar-refractivity contribution in [2.24, 2.45) is 0 Å². The fourth-order valence-electron chi connectivity index (χ4n) is 1.10. The quantitative estimate of drug-likeness (QED) is 0.613. The zero-order chi connectivity index (χ0) is 9.78. The standard InChI is InChI=1S/C8H16O4/c1-5-8(10,12-4)7(11-3)6(2)9/h7,10H,5H2,1-4H3. The fourth-order valence-corrected chi connectivity index (χ4v) is 1.10. The molecule has 0 saturated carbocycles. The second-order valence-corrected chi connectivity index (χ2v) is 2.63. The topological polar surface area (TPSA) is 55.8 Å². The van der Waals surface area contributed by atoms with Crippen molar-refractivity contribution in [3.05, 3.63) is 0 Å².